The predicted molar refractivity (Wildman–Crippen MR) is 94.0 cm³/mol. The number of carbonyl (C=O) groups excluding carboxylic acids is 2. The third kappa shape index (κ3) is 3.11. The van der Waals surface area contributed by atoms with Crippen LogP contribution in [0.3, 0.4) is 0 Å². The van der Waals surface area contributed by atoms with Gasteiger partial charge in [-0.1, -0.05) is 0 Å². The largest absolute Gasteiger partial charge is 0.494 e. The second-order valence-electron chi connectivity index (χ2n) is 6.86. The molecule has 0 bridgehead atoms. The molecule has 26 heavy (non-hydrogen) atoms. The van der Waals surface area contributed by atoms with E-state index >= 15 is 0 Å². The van der Waals surface area contributed by atoms with Crippen molar-refractivity contribution < 1.29 is 23.8 Å². The number of nitrogens with zero attached hydrogens (tertiary/aromatic N) is 2. The highest BCUT2D eigenvalue weighted by Crippen LogP contribution is 2.34. The summed E-state index contributed by atoms with van der Waals surface area (Å²) in [5.41, 5.74) is 0.599. The molecule has 1 aromatic carbocycles. The first kappa shape index (κ1) is 17.5. The van der Waals surface area contributed by atoms with E-state index in [0.717, 1.165) is 18.6 Å². The normalized spacial score (nSPS) is 26.0. The maximum atomic E-state index is 12.9. The van der Waals surface area contributed by atoms with Gasteiger partial charge >= 0.3 is 0 Å². The Kier molecular flexibility index (Phi) is 4.69. The van der Waals surface area contributed by atoms with E-state index in [1.807, 2.05) is 6.92 Å². The van der Waals surface area contributed by atoms with Gasteiger partial charge in [-0.3, -0.25) is 14.5 Å². The lowest BCUT2D eigenvalue weighted by Gasteiger charge is -2.39. The molecule has 7 nitrogen and oxygen atoms in total. The molecule has 3 fully saturated rings. The number of ether oxygens (including phenoxy) is 3. The summed E-state index contributed by atoms with van der Waals surface area (Å²) < 4.78 is 16.9. The molecule has 140 valence electrons. The first-order chi connectivity index (χ1) is 12.6. The van der Waals surface area contributed by atoms with Crippen molar-refractivity contribution in [2.45, 2.75) is 38.0 Å². The van der Waals surface area contributed by atoms with E-state index < -0.39 is 11.8 Å². The van der Waals surface area contributed by atoms with Gasteiger partial charge < -0.3 is 14.2 Å². The zero-order valence-corrected chi connectivity index (χ0v) is 15.0. The van der Waals surface area contributed by atoms with E-state index in [9.17, 15) is 9.59 Å². The lowest BCUT2D eigenvalue weighted by Crippen LogP contribution is -2.51. The summed E-state index contributed by atoms with van der Waals surface area (Å²) in [4.78, 5) is 28.8. The molecule has 0 radical (unpaired) electrons. The number of hydrogen-bond acceptors (Lipinski definition) is 6. The fourth-order valence-corrected chi connectivity index (χ4v) is 3.99. The van der Waals surface area contributed by atoms with Crippen LogP contribution in [0.25, 0.3) is 0 Å². The SMILES string of the molecule is CCOc1ccc(N2C(=O)C[C@@H](N3CCC4(CC3)OCCO4)C2=O)cc1. The van der Waals surface area contributed by atoms with Crippen molar-refractivity contribution in [2.24, 2.45) is 0 Å². The standard InChI is InChI=1S/C19H24N2O5/c1-2-24-15-5-3-14(4-6-15)21-17(22)13-16(18(21)23)20-9-7-19(8-10-20)25-11-12-26-19/h3-6,16H,2,7-13H2,1H3/t16-/m1/s1. The topological polar surface area (TPSA) is 68.3 Å². The number of imide groups is 1. The van der Waals surface area contributed by atoms with Gasteiger partial charge in [-0.2, -0.15) is 0 Å². The summed E-state index contributed by atoms with van der Waals surface area (Å²) in [6.45, 7) is 5.14. The summed E-state index contributed by atoms with van der Waals surface area (Å²) >= 11 is 0. The molecule has 0 unspecified atom stereocenters. The van der Waals surface area contributed by atoms with Crippen LogP contribution < -0.4 is 9.64 Å². The monoisotopic (exact) mass is 360 g/mol. The van der Waals surface area contributed by atoms with Gasteiger partial charge in [0.1, 0.15) is 5.75 Å². The molecule has 0 aromatic heterocycles. The van der Waals surface area contributed by atoms with Gasteiger partial charge in [-0.25, -0.2) is 4.90 Å². The minimum absolute atomic E-state index is 0.150. The zero-order valence-electron chi connectivity index (χ0n) is 15.0. The lowest BCUT2D eigenvalue weighted by molar-refractivity contribution is -0.188. The van der Waals surface area contributed by atoms with Crippen LogP contribution >= 0.6 is 0 Å². The van der Waals surface area contributed by atoms with Crippen LogP contribution in [-0.2, 0) is 19.1 Å². The number of carbonyl (C=O) groups is 2. The van der Waals surface area contributed by atoms with E-state index in [4.69, 9.17) is 14.2 Å². The average molecular weight is 360 g/mol. The molecule has 4 rings (SSSR count). The summed E-state index contributed by atoms with van der Waals surface area (Å²) in [7, 11) is 0. The molecular formula is C19H24N2O5. The van der Waals surface area contributed by atoms with Crippen molar-refractivity contribution in [2.75, 3.05) is 37.8 Å². The van der Waals surface area contributed by atoms with Gasteiger partial charge in [0.2, 0.25) is 5.91 Å². The Labute approximate surface area is 152 Å². The molecule has 1 aromatic rings. The Morgan fingerprint density at radius 2 is 1.77 bits per heavy atom. The number of likely N-dealkylation sites (tertiary alicyclic amines) is 1. The number of rotatable bonds is 4. The summed E-state index contributed by atoms with van der Waals surface area (Å²) in [5, 5.41) is 0. The van der Waals surface area contributed by atoms with Gasteiger partial charge in [0, 0.05) is 25.9 Å². The molecule has 3 saturated heterocycles. The minimum Gasteiger partial charge on any atom is -0.494 e. The smallest absolute Gasteiger partial charge is 0.251 e. The fourth-order valence-electron chi connectivity index (χ4n) is 3.99. The Hall–Kier alpha value is -1.96. The maximum absolute atomic E-state index is 12.9. The Bertz CT molecular complexity index is 674. The van der Waals surface area contributed by atoms with Crippen molar-refractivity contribution in [1.29, 1.82) is 0 Å². The molecular weight excluding hydrogens is 336 g/mol. The summed E-state index contributed by atoms with van der Waals surface area (Å²) in [6, 6.07) is 6.69. The second-order valence-corrected chi connectivity index (χ2v) is 6.86. The third-order valence-corrected chi connectivity index (χ3v) is 5.34. The van der Waals surface area contributed by atoms with Gasteiger partial charge in [0.05, 0.1) is 38.0 Å². The molecule has 1 atom stereocenters. The zero-order chi connectivity index (χ0) is 18.1. The first-order valence-corrected chi connectivity index (χ1v) is 9.23. The van der Waals surface area contributed by atoms with E-state index in [0.29, 0.717) is 38.6 Å². The maximum Gasteiger partial charge on any atom is 0.251 e. The van der Waals surface area contributed by atoms with Crippen LogP contribution in [0, 0.1) is 0 Å². The van der Waals surface area contributed by atoms with Crippen LogP contribution in [-0.4, -0.2) is 61.5 Å². The Morgan fingerprint density at radius 3 is 2.38 bits per heavy atom. The third-order valence-electron chi connectivity index (χ3n) is 5.34. The van der Waals surface area contributed by atoms with Crippen molar-refractivity contribution in [3.05, 3.63) is 24.3 Å². The number of amides is 2. The van der Waals surface area contributed by atoms with Crippen molar-refractivity contribution in [3.8, 4) is 5.75 Å². The van der Waals surface area contributed by atoms with Crippen LogP contribution in [0.15, 0.2) is 24.3 Å². The van der Waals surface area contributed by atoms with Crippen molar-refractivity contribution in [1.82, 2.24) is 4.90 Å². The first-order valence-electron chi connectivity index (χ1n) is 9.23. The molecule has 3 aliphatic rings. The highest BCUT2D eigenvalue weighted by molar-refractivity contribution is 6.22. The molecule has 2 amide bonds. The predicted octanol–water partition coefficient (Wildman–Crippen LogP) is 1.56. The fraction of sp³-hybridized carbons (Fsp3) is 0.579. The number of anilines is 1. The van der Waals surface area contributed by atoms with E-state index in [-0.39, 0.29) is 18.2 Å². The average Bonchev–Trinajstić information content (AvgIpc) is 3.22. The molecule has 0 aliphatic carbocycles. The number of hydrogen-bond donors (Lipinski definition) is 0. The molecule has 1 spiro atoms. The van der Waals surface area contributed by atoms with Crippen molar-refractivity contribution >= 4 is 17.5 Å². The summed E-state index contributed by atoms with van der Waals surface area (Å²) in [5.74, 6) is -0.0530. The van der Waals surface area contributed by atoms with Crippen LogP contribution in [0.1, 0.15) is 26.2 Å². The number of piperidine rings is 1. The van der Waals surface area contributed by atoms with E-state index in [2.05, 4.69) is 4.90 Å². The molecule has 7 heteroatoms. The summed E-state index contributed by atoms with van der Waals surface area (Å²) in [6.07, 6.45) is 1.68. The highest BCUT2D eigenvalue weighted by Gasteiger charge is 2.47. The van der Waals surface area contributed by atoms with Crippen LogP contribution in [0.4, 0.5) is 5.69 Å². The van der Waals surface area contributed by atoms with Crippen molar-refractivity contribution in [3.63, 3.8) is 0 Å². The van der Waals surface area contributed by atoms with Crippen LogP contribution in [0.5, 0.6) is 5.75 Å². The van der Waals surface area contributed by atoms with E-state index in [1.165, 1.54) is 4.90 Å². The van der Waals surface area contributed by atoms with E-state index in [1.54, 1.807) is 24.3 Å². The molecule has 3 aliphatic heterocycles. The van der Waals surface area contributed by atoms with Gasteiger partial charge in [0.25, 0.3) is 5.91 Å². The minimum atomic E-state index is -0.475. The van der Waals surface area contributed by atoms with Gasteiger partial charge in [0.15, 0.2) is 5.79 Å². The Balaban J connectivity index is 1.44. The van der Waals surface area contributed by atoms with Gasteiger partial charge in [-0.05, 0) is 31.2 Å². The molecule has 0 N–H and O–H groups in total. The Morgan fingerprint density at radius 1 is 1.12 bits per heavy atom. The molecule has 0 saturated carbocycles. The quantitative estimate of drug-likeness (QED) is 0.759. The number of benzene rings is 1. The lowest BCUT2D eigenvalue weighted by atomic mass is 10.0. The molecule has 3 heterocycles. The second kappa shape index (κ2) is 6.98. The van der Waals surface area contributed by atoms with Gasteiger partial charge in [-0.15, -0.1) is 0 Å². The van der Waals surface area contributed by atoms with Crippen LogP contribution in [0.2, 0.25) is 0 Å². The highest BCUT2D eigenvalue weighted by atomic mass is 16.7.